The first-order valence-corrected chi connectivity index (χ1v) is 6.53. The van der Waals surface area contributed by atoms with Crippen molar-refractivity contribution in [2.24, 2.45) is 0 Å². The van der Waals surface area contributed by atoms with E-state index in [1.807, 2.05) is 0 Å². The van der Waals surface area contributed by atoms with Crippen molar-refractivity contribution in [3.63, 3.8) is 0 Å². The molecule has 0 aliphatic heterocycles. The number of nitrogens with one attached hydrogen (secondary N) is 1. The molecule has 6 heteroatoms. The van der Waals surface area contributed by atoms with Gasteiger partial charge in [0.25, 0.3) is 5.89 Å². The maximum Gasteiger partial charge on any atom is 0.259 e. The van der Waals surface area contributed by atoms with Crippen LogP contribution in [0.1, 0.15) is 18.7 Å². The van der Waals surface area contributed by atoms with Crippen LogP contribution in [-0.2, 0) is 6.54 Å². The summed E-state index contributed by atoms with van der Waals surface area (Å²) in [6, 6.07) is 4.96. The van der Waals surface area contributed by atoms with Crippen molar-refractivity contribution in [3.8, 4) is 11.5 Å². The van der Waals surface area contributed by atoms with E-state index >= 15 is 0 Å². The summed E-state index contributed by atoms with van der Waals surface area (Å²) in [6.07, 6.45) is 2.43. The summed E-state index contributed by atoms with van der Waals surface area (Å²) in [5.41, 5.74) is 0.696. The fourth-order valence-electron chi connectivity index (χ4n) is 1.62. The molecule has 3 rings (SSSR count). The summed E-state index contributed by atoms with van der Waals surface area (Å²) in [6.45, 7) is 0.604. The number of hydrogen-bond acceptors (Lipinski definition) is 4. The van der Waals surface area contributed by atoms with Gasteiger partial charge in [-0.05, 0) is 47.0 Å². The minimum atomic E-state index is -0.305. The standard InChI is InChI=1S/C12H11BrFN3O/c13-10-5-7(14)1-4-9(10)12-16-11(17-18-12)6-15-8-2-3-8/h1,4-5,8,15H,2-3,6H2. The van der Waals surface area contributed by atoms with Crippen LogP contribution >= 0.6 is 15.9 Å². The molecule has 1 N–H and O–H groups in total. The molecule has 0 unspecified atom stereocenters. The Bertz CT molecular complexity index is 568. The van der Waals surface area contributed by atoms with Crippen molar-refractivity contribution in [1.29, 1.82) is 0 Å². The van der Waals surface area contributed by atoms with Gasteiger partial charge >= 0.3 is 0 Å². The number of rotatable bonds is 4. The predicted molar refractivity (Wildman–Crippen MR) is 67.3 cm³/mol. The number of halogens is 2. The highest BCUT2D eigenvalue weighted by Crippen LogP contribution is 2.27. The van der Waals surface area contributed by atoms with Crippen LogP contribution in [-0.4, -0.2) is 16.2 Å². The Morgan fingerprint density at radius 1 is 1.44 bits per heavy atom. The van der Waals surface area contributed by atoms with Crippen LogP contribution in [0.2, 0.25) is 0 Å². The minimum absolute atomic E-state index is 0.305. The van der Waals surface area contributed by atoms with E-state index in [1.54, 1.807) is 6.07 Å². The molecule has 1 heterocycles. The van der Waals surface area contributed by atoms with Gasteiger partial charge in [0.15, 0.2) is 5.82 Å². The van der Waals surface area contributed by atoms with Gasteiger partial charge in [0.05, 0.1) is 12.1 Å². The molecule has 0 radical (unpaired) electrons. The van der Waals surface area contributed by atoms with E-state index in [9.17, 15) is 4.39 Å². The highest BCUT2D eigenvalue weighted by atomic mass is 79.9. The lowest BCUT2D eigenvalue weighted by Gasteiger charge is -1.98. The first-order valence-electron chi connectivity index (χ1n) is 5.74. The Balaban J connectivity index is 1.78. The Morgan fingerprint density at radius 3 is 3.00 bits per heavy atom. The van der Waals surface area contributed by atoms with E-state index in [0.717, 1.165) is 0 Å². The number of aromatic nitrogens is 2. The molecule has 1 aliphatic carbocycles. The fraction of sp³-hybridized carbons (Fsp3) is 0.333. The van der Waals surface area contributed by atoms with E-state index in [2.05, 4.69) is 31.4 Å². The maximum absolute atomic E-state index is 13.0. The van der Waals surface area contributed by atoms with Crippen molar-refractivity contribution < 1.29 is 8.91 Å². The van der Waals surface area contributed by atoms with Crippen molar-refractivity contribution >= 4 is 15.9 Å². The van der Waals surface area contributed by atoms with E-state index in [4.69, 9.17) is 4.52 Å². The van der Waals surface area contributed by atoms with Crippen LogP contribution in [0.15, 0.2) is 27.2 Å². The van der Waals surface area contributed by atoms with Gasteiger partial charge in [-0.2, -0.15) is 4.98 Å². The van der Waals surface area contributed by atoms with Gasteiger partial charge in [-0.3, -0.25) is 0 Å². The molecular weight excluding hydrogens is 301 g/mol. The van der Waals surface area contributed by atoms with Crippen molar-refractivity contribution in [1.82, 2.24) is 15.5 Å². The smallest absolute Gasteiger partial charge is 0.259 e. The van der Waals surface area contributed by atoms with Crippen molar-refractivity contribution in [3.05, 3.63) is 34.3 Å². The van der Waals surface area contributed by atoms with Gasteiger partial charge in [0.2, 0.25) is 0 Å². The van der Waals surface area contributed by atoms with Gasteiger partial charge in [0.1, 0.15) is 5.82 Å². The van der Waals surface area contributed by atoms with E-state index in [1.165, 1.54) is 25.0 Å². The van der Waals surface area contributed by atoms with Crippen molar-refractivity contribution in [2.75, 3.05) is 0 Å². The molecule has 2 aromatic rings. The van der Waals surface area contributed by atoms with Gasteiger partial charge in [0, 0.05) is 10.5 Å². The van der Waals surface area contributed by atoms with Crippen LogP contribution in [0.5, 0.6) is 0 Å². The van der Waals surface area contributed by atoms with Gasteiger partial charge in [-0.1, -0.05) is 5.16 Å². The average molecular weight is 312 g/mol. The molecule has 18 heavy (non-hydrogen) atoms. The predicted octanol–water partition coefficient (Wildman–Crippen LogP) is 2.89. The third-order valence-electron chi connectivity index (χ3n) is 2.76. The van der Waals surface area contributed by atoms with Crippen LogP contribution < -0.4 is 5.32 Å². The molecule has 1 aromatic heterocycles. The average Bonchev–Trinajstić information content (AvgIpc) is 3.05. The number of benzene rings is 1. The molecule has 4 nitrogen and oxygen atoms in total. The summed E-state index contributed by atoms with van der Waals surface area (Å²) in [4.78, 5) is 4.28. The zero-order chi connectivity index (χ0) is 12.5. The molecule has 0 bridgehead atoms. The molecule has 94 valence electrons. The molecule has 1 aromatic carbocycles. The Hall–Kier alpha value is -1.27. The molecule has 0 saturated heterocycles. The maximum atomic E-state index is 13.0. The third-order valence-corrected chi connectivity index (χ3v) is 3.41. The highest BCUT2D eigenvalue weighted by Gasteiger charge is 2.21. The van der Waals surface area contributed by atoms with E-state index < -0.39 is 0 Å². The molecule has 0 atom stereocenters. The monoisotopic (exact) mass is 311 g/mol. The van der Waals surface area contributed by atoms with E-state index in [-0.39, 0.29) is 5.82 Å². The summed E-state index contributed by atoms with van der Waals surface area (Å²) in [5.74, 6) is 0.711. The first-order chi connectivity index (χ1) is 8.72. The molecule has 1 fully saturated rings. The summed E-state index contributed by atoms with van der Waals surface area (Å²) < 4.78 is 18.8. The van der Waals surface area contributed by atoms with Crippen LogP contribution in [0, 0.1) is 5.82 Å². The lowest BCUT2D eigenvalue weighted by atomic mass is 10.2. The van der Waals surface area contributed by atoms with Crippen LogP contribution in [0.4, 0.5) is 4.39 Å². The number of hydrogen-bond donors (Lipinski definition) is 1. The largest absolute Gasteiger partial charge is 0.334 e. The second kappa shape index (κ2) is 4.78. The molecule has 0 spiro atoms. The molecule has 0 amide bonds. The quantitative estimate of drug-likeness (QED) is 0.943. The topological polar surface area (TPSA) is 51.0 Å². The van der Waals surface area contributed by atoms with Crippen LogP contribution in [0.25, 0.3) is 11.5 Å². The fourth-order valence-corrected chi connectivity index (χ4v) is 2.14. The lowest BCUT2D eigenvalue weighted by molar-refractivity contribution is 0.419. The first kappa shape index (κ1) is 11.8. The SMILES string of the molecule is Fc1ccc(-c2nc(CNC3CC3)no2)c(Br)c1. The van der Waals surface area contributed by atoms with Gasteiger partial charge in [-0.15, -0.1) is 0 Å². The highest BCUT2D eigenvalue weighted by molar-refractivity contribution is 9.10. The van der Waals surface area contributed by atoms with Gasteiger partial charge in [-0.25, -0.2) is 4.39 Å². The van der Waals surface area contributed by atoms with Crippen molar-refractivity contribution in [2.45, 2.75) is 25.4 Å². The van der Waals surface area contributed by atoms with E-state index in [0.29, 0.717) is 34.3 Å². The normalized spacial score (nSPS) is 15.0. The zero-order valence-corrected chi connectivity index (χ0v) is 11.1. The zero-order valence-electron chi connectivity index (χ0n) is 9.49. The summed E-state index contributed by atoms with van der Waals surface area (Å²) in [7, 11) is 0. The van der Waals surface area contributed by atoms with Crippen LogP contribution in [0.3, 0.4) is 0 Å². The second-order valence-electron chi connectivity index (χ2n) is 4.30. The molecular formula is C12H11BrFN3O. The number of nitrogens with zero attached hydrogens (tertiary/aromatic N) is 2. The Morgan fingerprint density at radius 2 is 2.28 bits per heavy atom. The minimum Gasteiger partial charge on any atom is -0.334 e. The lowest BCUT2D eigenvalue weighted by Crippen LogP contribution is -2.16. The second-order valence-corrected chi connectivity index (χ2v) is 5.15. The molecule has 1 aliphatic rings. The van der Waals surface area contributed by atoms with Gasteiger partial charge < -0.3 is 9.84 Å². The Labute approximate surface area is 112 Å². The summed E-state index contributed by atoms with van der Waals surface area (Å²) in [5, 5.41) is 7.20. The molecule has 1 saturated carbocycles. The third kappa shape index (κ3) is 2.59. The summed E-state index contributed by atoms with van der Waals surface area (Å²) >= 11 is 3.28. The Kier molecular flexibility index (Phi) is 3.13.